The lowest BCUT2D eigenvalue weighted by Crippen LogP contribution is -2.23. The number of anilines is 1. The van der Waals surface area contributed by atoms with E-state index in [2.05, 4.69) is 32.4 Å². The first-order valence-corrected chi connectivity index (χ1v) is 9.92. The molecule has 6 heteroatoms. The van der Waals surface area contributed by atoms with Gasteiger partial charge in [0.25, 0.3) is 5.56 Å². The van der Waals surface area contributed by atoms with Gasteiger partial charge in [0, 0.05) is 34.8 Å². The van der Waals surface area contributed by atoms with Crippen molar-refractivity contribution in [1.82, 2.24) is 9.78 Å². The lowest BCUT2D eigenvalue weighted by molar-refractivity contribution is -0.116. The van der Waals surface area contributed by atoms with E-state index in [-0.39, 0.29) is 11.5 Å². The van der Waals surface area contributed by atoms with Crippen LogP contribution in [0.5, 0.6) is 0 Å². The van der Waals surface area contributed by atoms with E-state index in [1.54, 1.807) is 6.07 Å². The highest BCUT2D eigenvalue weighted by Crippen LogP contribution is 2.19. The molecule has 3 rings (SSSR count). The number of aromatic nitrogens is 2. The molecule has 144 valence electrons. The average molecular weight is 440 g/mol. The van der Waals surface area contributed by atoms with Crippen LogP contribution in [0.3, 0.4) is 0 Å². The summed E-state index contributed by atoms with van der Waals surface area (Å²) in [5, 5.41) is 7.35. The van der Waals surface area contributed by atoms with Crippen molar-refractivity contribution >= 4 is 27.5 Å². The zero-order valence-electron chi connectivity index (χ0n) is 15.9. The molecule has 0 unspecified atom stereocenters. The number of carbonyl (C=O) groups excluding carboxylic acids is 1. The molecule has 5 nitrogen and oxygen atoms in total. The molecular formula is C22H22BrN3O2. The van der Waals surface area contributed by atoms with E-state index < -0.39 is 0 Å². The number of nitrogens with zero attached hydrogens (tertiary/aromatic N) is 2. The van der Waals surface area contributed by atoms with Crippen LogP contribution in [0.4, 0.5) is 5.69 Å². The fraction of sp³-hybridized carbons (Fsp3) is 0.227. The van der Waals surface area contributed by atoms with Gasteiger partial charge in [-0.2, -0.15) is 5.10 Å². The summed E-state index contributed by atoms with van der Waals surface area (Å²) in [6.45, 7) is 4.39. The van der Waals surface area contributed by atoms with Crippen LogP contribution >= 0.6 is 15.9 Å². The number of aryl methyl sites for hydroxylation is 3. The molecule has 0 aliphatic rings. The van der Waals surface area contributed by atoms with Crippen LogP contribution < -0.4 is 10.9 Å². The smallest absolute Gasteiger partial charge is 0.266 e. The van der Waals surface area contributed by atoms with Crippen LogP contribution in [-0.4, -0.2) is 15.7 Å². The monoisotopic (exact) mass is 439 g/mol. The lowest BCUT2D eigenvalue weighted by atomic mass is 10.1. The van der Waals surface area contributed by atoms with Gasteiger partial charge in [-0.25, -0.2) is 4.68 Å². The van der Waals surface area contributed by atoms with Crippen LogP contribution in [0.2, 0.25) is 0 Å². The summed E-state index contributed by atoms with van der Waals surface area (Å²) < 4.78 is 2.40. The number of carbonyl (C=O) groups is 1. The number of hydrogen-bond donors (Lipinski definition) is 1. The summed E-state index contributed by atoms with van der Waals surface area (Å²) in [4.78, 5) is 24.3. The summed E-state index contributed by atoms with van der Waals surface area (Å²) in [6, 6.07) is 16.9. The third-order valence-corrected chi connectivity index (χ3v) is 4.81. The molecule has 0 atom stereocenters. The number of halogens is 1. The minimum Gasteiger partial charge on any atom is -0.326 e. The Morgan fingerprint density at radius 1 is 1.04 bits per heavy atom. The quantitative estimate of drug-likeness (QED) is 0.604. The number of benzene rings is 2. The van der Waals surface area contributed by atoms with E-state index in [9.17, 15) is 9.59 Å². The summed E-state index contributed by atoms with van der Waals surface area (Å²) in [5.41, 5.74) is 4.51. The third kappa shape index (κ3) is 5.39. The Morgan fingerprint density at radius 3 is 2.39 bits per heavy atom. The molecule has 1 aromatic heterocycles. The zero-order valence-corrected chi connectivity index (χ0v) is 17.5. The summed E-state index contributed by atoms with van der Waals surface area (Å²) in [5.74, 6) is -0.0675. The van der Waals surface area contributed by atoms with Crippen molar-refractivity contribution in [3.8, 4) is 11.3 Å². The fourth-order valence-electron chi connectivity index (χ4n) is 3.04. The SMILES string of the molecule is Cc1cc(C)cc(NC(=O)CCCn2nc(-c3ccc(Br)cc3)ccc2=O)c1. The van der Waals surface area contributed by atoms with Gasteiger partial charge in [-0.15, -0.1) is 0 Å². The molecule has 3 aromatic rings. The van der Waals surface area contributed by atoms with Crippen molar-refractivity contribution in [2.75, 3.05) is 5.32 Å². The molecule has 0 bridgehead atoms. The number of hydrogen-bond acceptors (Lipinski definition) is 3. The van der Waals surface area contributed by atoms with Gasteiger partial charge in [0.15, 0.2) is 0 Å². The Balaban J connectivity index is 1.61. The molecule has 0 radical (unpaired) electrons. The summed E-state index contributed by atoms with van der Waals surface area (Å²) >= 11 is 3.41. The normalized spacial score (nSPS) is 10.7. The van der Waals surface area contributed by atoms with Crippen molar-refractivity contribution in [2.45, 2.75) is 33.2 Å². The standard InChI is InChI=1S/C22H22BrN3O2/c1-15-12-16(2)14-19(13-15)24-21(27)4-3-11-26-22(28)10-9-20(25-26)17-5-7-18(23)8-6-17/h5-10,12-14H,3-4,11H2,1-2H3,(H,24,27). The molecule has 0 aliphatic carbocycles. The van der Waals surface area contributed by atoms with E-state index in [1.165, 1.54) is 10.7 Å². The molecule has 1 heterocycles. The largest absolute Gasteiger partial charge is 0.326 e. The maximum absolute atomic E-state index is 12.2. The molecule has 1 amide bonds. The molecule has 0 saturated carbocycles. The van der Waals surface area contributed by atoms with E-state index in [4.69, 9.17) is 0 Å². The molecule has 0 spiro atoms. The molecule has 28 heavy (non-hydrogen) atoms. The van der Waals surface area contributed by atoms with Crippen molar-refractivity contribution in [1.29, 1.82) is 0 Å². The number of nitrogens with one attached hydrogen (secondary N) is 1. The minimum atomic E-state index is -0.171. The lowest BCUT2D eigenvalue weighted by Gasteiger charge is -2.09. The number of amides is 1. The molecule has 2 aromatic carbocycles. The third-order valence-electron chi connectivity index (χ3n) is 4.29. The Bertz CT molecular complexity index is 1020. The topological polar surface area (TPSA) is 64.0 Å². The molecule has 0 saturated heterocycles. The van der Waals surface area contributed by atoms with Crippen LogP contribution in [0.25, 0.3) is 11.3 Å². The highest BCUT2D eigenvalue weighted by Gasteiger charge is 2.07. The summed E-state index contributed by atoms with van der Waals surface area (Å²) in [7, 11) is 0. The van der Waals surface area contributed by atoms with Gasteiger partial charge in [0.1, 0.15) is 0 Å². The van der Waals surface area contributed by atoms with Gasteiger partial charge in [-0.05, 0) is 61.7 Å². The van der Waals surface area contributed by atoms with Crippen molar-refractivity contribution in [3.63, 3.8) is 0 Å². The van der Waals surface area contributed by atoms with E-state index in [0.717, 1.165) is 32.5 Å². The van der Waals surface area contributed by atoms with Crippen LogP contribution in [0.1, 0.15) is 24.0 Å². The second-order valence-corrected chi connectivity index (χ2v) is 7.73. The van der Waals surface area contributed by atoms with E-state index >= 15 is 0 Å². The highest BCUT2D eigenvalue weighted by atomic mass is 79.9. The second kappa shape index (κ2) is 8.97. The Hall–Kier alpha value is -2.73. The Morgan fingerprint density at radius 2 is 1.71 bits per heavy atom. The van der Waals surface area contributed by atoms with Crippen molar-refractivity contribution in [2.24, 2.45) is 0 Å². The Labute approximate surface area is 172 Å². The van der Waals surface area contributed by atoms with E-state index in [1.807, 2.05) is 50.2 Å². The van der Waals surface area contributed by atoms with E-state index in [0.29, 0.717) is 19.4 Å². The van der Waals surface area contributed by atoms with Gasteiger partial charge in [0.2, 0.25) is 5.91 Å². The van der Waals surface area contributed by atoms with Gasteiger partial charge < -0.3 is 5.32 Å². The molecule has 0 fully saturated rings. The predicted octanol–water partition coefficient (Wildman–Crippen LogP) is 4.71. The molecular weight excluding hydrogens is 418 g/mol. The Kier molecular flexibility index (Phi) is 6.41. The zero-order chi connectivity index (χ0) is 20.1. The van der Waals surface area contributed by atoms with Gasteiger partial charge in [-0.1, -0.05) is 34.1 Å². The minimum absolute atomic E-state index is 0.0675. The van der Waals surface area contributed by atoms with Crippen molar-refractivity contribution < 1.29 is 4.79 Å². The van der Waals surface area contributed by atoms with Crippen LogP contribution in [0, 0.1) is 13.8 Å². The summed E-state index contributed by atoms with van der Waals surface area (Å²) in [6.07, 6.45) is 0.858. The molecule has 1 N–H and O–H groups in total. The predicted molar refractivity (Wildman–Crippen MR) is 115 cm³/mol. The van der Waals surface area contributed by atoms with Gasteiger partial charge in [0.05, 0.1) is 5.69 Å². The first-order chi connectivity index (χ1) is 13.4. The maximum atomic E-state index is 12.2. The van der Waals surface area contributed by atoms with Gasteiger partial charge >= 0.3 is 0 Å². The highest BCUT2D eigenvalue weighted by molar-refractivity contribution is 9.10. The average Bonchev–Trinajstić information content (AvgIpc) is 2.63. The van der Waals surface area contributed by atoms with Gasteiger partial charge in [-0.3, -0.25) is 9.59 Å². The fourth-order valence-corrected chi connectivity index (χ4v) is 3.31. The number of rotatable bonds is 6. The van der Waals surface area contributed by atoms with Crippen LogP contribution in [0.15, 0.2) is 63.9 Å². The van der Waals surface area contributed by atoms with Crippen LogP contribution in [-0.2, 0) is 11.3 Å². The molecule has 0 aliphatic heterocycles. The second-order valence-electron chi connectivity index (χ2n) is 6.81. The first-order valence-electron chi connectivity index (χ1n) is 9.13. The maximum Gasteiger partial charge on any atom is 0.266 e. The first kappa shape index (κ1) is 20.0. The van der Waals surface area contributed by atoms with Crippen molar-refractivity contribution in [3.05, 3.63) is 80.6 Å².